The van der Waals surface area contributed by atoms with Crippen molar-refractivity contribution in [1.29, 1.82) is 0 Å². The van der Waals surface area contributed by atoms with Gasteiger partial charge in [-0.25, -0.2) is 8.42 Å². The summed E-state index contributed by atoms with van der Waals surface area (Å²) in [4.78, 5) is 10.8. The molecule has 22 heavy (non-hydrogen) atoms. The van der Waals surface area contributed by atoms with E-state index in [1.165, 1.54) is 43.5 Å². The van der Waals surface area contributed by atoms with Gasteiger partial charge in [0.25, 0.3) is 0 Å². The molecule has 0 fully saturated rings. The average molecular weight is 341 g/mol. The second kappa shape index (κ2) is 6.37. The number of aliphatic carboxylic acids is 1. The smallest absolute Gasteiger partial charge is 0.307 e. The number of ether oxygens (including phenoxy) is 1. The van der Waals surface area contributed by atoms with Crippen LogP contribution >= 0.6 is 11.6 Å². The molecule has 0 saturated heterocycles. The van der Waals surface area contributed by atoms with Crippen molar-refractivity contribution in [2.75, 3.05) is 7.11 Å². The molecule has 0 bridgehead atoms. The van der Waals surface area contributed by atoms with Gasteiger partial charge in [-0.1, -0.05) is 17.7 Å². The van der Waals surface area contributed by atoms with Gasteiger partial charge in [0.05, 0.1) is 23.3 Å². The third-order valence-electron chi connectivity index (χ3n) is 2.95. The number of hydrogen-bond donors (Lipinski definition) is 1. The van der Waals surface area contributed by atoms with Gasteiger partial charge >= 0.3 is 5.97 Å². The Morgan fingerprint density at radius 2 is 1.91 bits per heavy atom. The van der Waals surface area contributed by atoms with Gasteiger partial charge in [0, 0.05) is 5.02 Å². The fourth-order valence-electron chi connectivity index (χ4n) is 1.95. The van der Waals surface area contributed by atoms with Crippen molar-refractivity contribution < 1.29 is 23.1 Å². The number of carbonyl (C=O) groups is 1. The molecule has 5 nitrogen and oxygen atoms in total. The SMILES string of the molecule is COc1cc(CC(=O)O)cc(S(=O)(=O)c2cccc(Cl)c2)c1. The summed E-state index contributed by atoms with van der Waals surface area (Å²) < 4.78 is 30.3. The predicted octanol–water partition coefficient (Wildman–Crippen LogP) is 2.81. The Labute approximate surface area is 133 Å². The number of sulfone groups is 1. The molecular weight excluding hydrogens is 328 g/mol. The second-order valence-electron chi connectivity index (χ2n) is 4.55. The summed E-state index contributed by atoms with van der Waals surface area (Å²) in [6.07, 6.45) is -0.296. The first kappa shape index (κ1) is 16.3. The van der Waals surface area contributed by atoms with E-state index in [4.69, 9.17) is 21.4 Å². The zero-order chi connectivity index (χ0) is 16.3. The minimum atomic E-state index is -3.81. The number of carboxylic acid groups (broad SMARTS) is 1. The van der Waals surface area contributed by atoms with E-state index >= 15 is 0 Å². The molecule has 0 atom stereocenters. The van der Waals surface area contributed by atoms with Gasteiger partial charge in [-0.3, -0.25) is 4.79 Å². The van der Waals surface area contributed by atoms with Crippen LogP contribution in [0.4, 0.5) is 0 Å². The van der Waals surface area contributed by atoms with E-state index in [2.05, 4.69) is 0 Å². The molecule has 0 aliphatic heterocycles. The summed E-state index contributed by atoms with van der Waals surface area (Å²) in [6.45, 7) is 0. The van der Waals surface area contributed by atoms with Crippen LogP contribution < -0.4 is 4.74 Å². The average Bonchev–Trinajstić information content (AvgIpc) is 2.46. The fourth-order valence-corrected chi connectivity index (χ4v) is 3.60. The van der Waals surface area contributed by atoms with E-state index in [0.29, 0.717) is 10.6 Å². The molecule has 2 aromatic carbocycles. The molecular formula is C15H13ClO5S. The lowest BCUT2D eigenvalue weighted by Crippen LogP contribution is -2.06. The van der Waals surface area contributed by atoms with Gasteiger partial charge in [0.1, 0.15) is 5.75 Å². The van der Waals surface area contributed by atoms with Crippen molar-refractivity contribution in [2.24, 2.45) is 0 Å². The van der Waals surface area contributed by atoms with E-state index in [-0.39, 0.29) is 22.0 Å². The number of carboxylic acids is 1. The largest absolute Gasteiger partial charge is 0.497 e. The Balaban J connectivity index is 2.57. The first-order valence-corrected chi connectivity index (χ1v) is 8.09. The first-order valence-electron chi connectivity index (χ1n) is 6.23. The van der Waals surface area contributed by atoms with Crippen LogP contribution in [0.5, 0.6) is 5.75 Å². The molecule has 116 valence electrons. The lowest BCUT2D eigenvalue weighted by Gasteiger charge is -2.09. The van der Waals surface area contributed by atoms with E-state index in [1.54, 1.807) is 6.07 Å². The Bertz CT molecular complexity index is 814. The van der Waals surface area contributed by atoms with Gasteiger partial charge in [0.2, 0.25) is 9.84 Å². The van der Waals surface area contributed by atoms with Crippen LogP contribution in [0.25, 0.3) is 0 Å². The Hall–Kier alpha value is -2.05. The third kappa shape index (κ3) is 3.58. The van der Waals surface area contributed by atoms with Gasteiger partial charge in [-0.05, 0) is 42.0 Å². The van der Waals surface area contributed by atoms with Crippen LogP contribution in [0.3, 0.4) is 0 Å². The molecule has 0 radical (unpaired) electrons. The van der Waals surface area contributed by atoms with E-state index in [0.717, 1.165) is 0 Å². The maximum atomic E-state index is 12.6. The lowest BCUT2D eigenvalue weighted by molar-refractivity contribution is -0.136. The normalized spacial score (nSPS) is 11.2. The summed E-state index contributed by atoms with van der Waals surface area (Å²) >= 11 is 5.83. The third-order valence-corrected chi connectivity index (χ3v) is 4.91. The van der Waals surface area contributed by atoms with Gasteiger partial charge < -0.3 is 9.84 Å². The number of hydrogen-bond acceptors (Lipinski definition) is 4. The Kier molecular flexibility index (Phi) is 4.73. The molecule has 2 aromatic rings. The van der Waals surface area contributed by atoms with Crippen molar-refractivity contribution in [2.45, 2.75) is 16.2 Å². The summed E-state index contributed by atoms with van der Waals surface area (Å²) in [5, 5.41) is 9.17. The molecule has 0 amide bonds. The molecule has 1 N–H and O–H groups in total. The Morgan fingerprint density at radius 3 is 2.50 bits per heavy atom. The van der Waals surface area contributed by atoms with E-state index in [9.17, 15) is 13.2 Å². The summed E-state index contributed by atoms with van der Waals surface area (Å²) in [6, 6.07) is 10.0. The highest BCUT2D eigenvalue weighted by Gasteiger charge is 2.20. The topological polar surface area (TPSA) is 80.7 Å². The lowest BCUT2D eigenvalue weighted by atomic mass is 10.1. The number of benzene rings is 2. The van der Waals surface area contributed by atoms with Crippen LogP contribution in [0.1, 0.15) is 5.56 Å². The standard InChI is InChI=1S/C15H13ClO5S/c1-21-12-5-10(7-15(17)18)6-14(9-12)22(19,20)13-4-2-3-11(16)8-13/h2-6,8-9H,7H2,1H3,(H,17,18). The quantitative estimate of drug-likeness (QED) is 0.905. The minimum Gasteiger partial charge on any atom is -0.497 e. The van der Waals surface area contributed by atoms with Crippen molar-refractivity contribution in [3.05, 3.63) is 53.1 Å². The van der Waals surface area contributed by atoms with E-state index < -0.39 is 15.8 Å². The van der Waals surface area contributed by atoms with Crippen molar-refractivity contribution in [3.8, 4) is 5.75 Å². The maximum absolute atomic E-state index is 12.6. The maximum Gasteiger partial charge on any atom is 0.307 e. The van der Waals surface area contributed by atoms with Crippen LogP contribution in [0.2, 0.25) is 5.02 Å². The summed E-state index contributed by atoms with van der Waals surface area (Å²) in [5.41, 5.74) is 0.340. The van der Waals surface area contributed by atoms with Crippen LogP contribution in [0, 0.1) is 0 Å². The molecule has 0 heterocycles. The van der Waals surface area contributed by atoms with Crippen molar-refractivity contribution in [1.82, 2.24) is 0 Å². The van der Waals surface area contributed by atoms with Crippen LogP contribution in [-0.2, 0) is 21.1 Å². The minimum absolute atomic E-state index is 0.0366. The number of rotatable bonds is 5. The molecule has 0 aliphatic carbocycles. The number of methoxy groups -OCH3 is 1. The first-order chi connectivity index (χ1) is 10.3. The van der Waals surface area contributed by atoms with Crippen molar-refractivity contribution in [3.63, 3.8) is 0 Å². The molecule has 0 unspecified atom stereocenters. The highest BCUT2D eigenvalue weighted by atomic mass is 35.5. The highest BCUT2D eigenvalue weighted by molar-refractivity contribution is 7.91. The van der Waals surface area contributed by atoms with E-state index in [1.807, 2.05) is 0 Å². The monoisotopic (exact) mass is 340 g/mol. The molecule has 0 spiro atoms. The molecule has 0 saturated carbocycles. The second-order valence-corrected chi connectivity index (χ2v) is 6.93. The molecule has 0 aromatic heterocycles. The fraction of sp³-hybridized carbons (Fsp3) is 0.133. The van der Waals surface area contributed by atoms with Crippen LogP contribution in [0.15, 0.2) is 52.3 Å². The Morgan fingerprint density at radius 1 is 1.18 bits per heavy atom. The van der Waals surface area contributed by atoms with Crippen molar-refractivity contribution >= 4 is 27.4 Å². The van der Waals surface area contributed by atoms with Crippen LogP contribution in [-0.4, -0.2) is 26.6 Å². The molecule has 0 aliphatic rings. The zero-order valence-electron chi connectivity index (χ0n) is 11.6. The summed E-state index contributed by atoms with van der Waals surface area (Å²) in [7, 11) is -2.43. The van der Waals surface area contributed by atoms with Gasteiger partial charge in [0.15, 0.2) is 0 Å². The van der Waals surface area contributed by atoms with Gasteiger partial charge in [-0.2, -0.15) is 0 Å². The number of halogens is 1. The zero-order valence-corrected chi connectivity index (χ0v) is 13.2. The summed E-state index contributed by atoms with van der Waals surface area (Å²) in [5.74, 6) is -0.779. The predicted molar refractivity (Wildman–Crippen MR) is 81.2 cm³/mol. The molecule has 7 heteroatoms. The van der Waals surface area contributed by atoms with Gasteiger partial charge in [-0.15, -0.1) is 0 Å². The highest BCUT2D eigenvalue weighted by Crippen LogP contribution is 2.27. The molecule has 2 rings (SSSR count).